The van der Waals surface area contributed by atoms with Crippen LogP contribution in [0.5, 0.6) is 0 Å². The quantitative estimate of drug-likeness (QED) is 0.451. The van der Waals surface area contributed by atoms with Gasteiger partial charge in [-0.25, -0.2) is 4.39 Å². The number of aryl methyl sites for hydroxylation is 1. The zero-order valence-corrected chi connectivity index (χ0v) is 20.1. The molecule has 1 atom stereocenters. The van der Waals surface area contributed by atoms with E-state index in [1.54, 1.807) is 12.1 Å². The van der Waals surface area contributed by atoms with Crippen molar-refractivity contribution in [2.24, 2.45) is 0 Å². The van der Waals surface area contributed by atoms with Gasteiger partial charge in [-0.2, -0.15) is 0 Å². The summed E-state index contributed by atoms with van der Waals surface area (Å²) in [6, 6.07) is 22.3. The minimum Gasteiger partial charge on any atom is -0.352 e. The highest BCUT2D eigenvalue weighted by molar-refractivity contribution is 6.02. The number of carbonyl (C=O) groups is 2. The number of carbonyl (C=O) groups excluding carboxylic acids is 2. The molecule has 6 rings (SSSR count). The number of hydrogen-bond donors (Lipinski definition) is 1. The molecule has 0 radical (unpaired) electrons. The summed E-state index contributed by atoms with van der Waals surface area (Å²) in [5, 5.41) is 4.08. The molecule has 0 bridgehead atoms. The summed E-state index contributed by atoms with van der Waals surface area (Å²) in [6.07, 6.45) is 0.813. The molecule has 0 aliphatic carbocycles. The maximum Gasteiger partial charge on any atom is 0.257 e. The van der Waals surface area contributed by atoms with E-state index in [4.69, 9.17) is 0 Å². The smallest absolute Gasteiger partial charge is 0.257 e. The molecular weight excluding hydrogens is 455 g/mol. The standard InChI is InChI=1S/C29H27FN4O2/c1-32-24-11-4-3-10-23(24)29(36)34-15-13-22-21-9-2-5-12-25(21)33(27(22)28(32)34)16-14-26(35)31-18-19-7-6-8-20(30)17-19/h2-12,17,28H,13-16,18H2,1H3,(H,31,35)/t28-/m1/s1. The second-order valence-electron chi connectivity index (χ2n) is 9.44. The predicted octanol–water partition coefficient (Wildman–Crippen LogP) is 4.63. The van der Waals surface area contributed by atoms with Gasteiger partial charge in [0.2, 0.25) is 5.91 Å². The minimum atomic E-state index is -0.315. The monoisotopic (exact) mass is 482 g/mol. The molecule has 182 valence electrons. The van der Waals surface area contributed by atoms with Gasteiger partial charge in [0.15, 0.2) is 0 Å². The van der Waals surface area contributed by atoms with E-state index in [0.29, 0.717) is 13.1 Å². The molecule has 36 heavy (non-hydrogen) atoms. The molecule has 1 aromatic heterocycles. The van der Waals surface area contributed by atoms with Crippen LogP contribution in [0.1, 0.15) is 39.8 Å². The number of fused-ring (bicyclic) bond motifs is 6. The maximum absolute atomic E-state index is 13.5. The molecule has 0 unspecified atom stereocenters. The van der Waals surface area contributed by atoms with Crippen LogP contribution in [0.2, 0.25) is 0 Å². The third kappa shape index (κ3) is 3.63. The molecule has 7 heteroatoms. The molecule has 0 spiro atoms. The zero-order chi connectivity index (χ0) is 24.8. The number of benzene rings is 3. The number of amides is 2. The van der Waals surface area contributed by atoms with Gasteiger partial charge in [0, 0.05) is 44.0 Å². The Balaban J connectivity index is 1.33. The van der Waals surface area contributed by atoms with Crippen molar-refractivity contribution in [1.82, 2.24) is 14.8 Å². The Morgan fingerprint density at radius 2 is 1.86 bits per heavy atom. The molecule has 0 saturated heterocycles. The average Bonchev–Trinajstić information content (AvgIpc) is 3.22. The second-order valence-corrected chi connectivity index (χ2v) is 9.44. The Hall–Kier alpha value is -4.13. The van der Waals surface area contributed by atoms with Crippen molar-refractivity contribution in [3.63, 3.8) is 0 Å². The zero-order valence-electron chi connectivity index (χ0n) is 20.1. The summed E-state index contributed by atoms with van der Waals surface area (Å²) in [5.41, 5.74) is 5.75. The number of para-hydroxylation sites is 2. The first-order chi connectivity index (χ1) is 17.5. The van der Waals surface area contributed by atoms with Crippen molar-refractivity contribution in [1.29, 1.82) is 0 Å². The van der Waals surface area contributed by atoms with E-state index < -0.39 is 0 Å². The third-order valence-electron chi connectivity index (χ3n) is 7.35. The molecule has 3 heterocycles. The van der Waals surface area contributed by atoms with Crippen LogP contribution in [0, 0.1) is 5.82 Å². The molecule has 1 N–H and O–H groups in total. The van der Waals surface area contributed by atoms with Crippen molar-refractivity contribution < 1.29 is 14.0 Å². The Morgan fingerprint density at radius 3 is 2.72 bits per heavy atom. The Labute approximate surface area is 208 Å². The lowest BCUT2D eigenvalue weighted by Gasteiger charge is -2.46. The predicted molar refractivity (Wildman–Crippen MR) is 137 cm³/mol. The summed E-state index contributed by atoms with van der Waals surface area (Å²) in [7, 11) is 2.03. The number of halogens is 1. The molecule has 2 aliphatic heterocycles. The van der Waals surface area contributed by atoms with Gasteiger partial charge < -0.3 is 19.7 Å². The SMILES string of the molecule is CN1c2ccccc2C(=O)N2CCc3c(n(CCC(=O)NCc4cccc(F)c4)c4ccccc34)[C@@H]21. The van der Waals surface area contributed by atoms with E-state index in [1.165, 1.54) is 23.1 Å². The highest BCUT2D eigenvalue weighted by Gasteiger charge is 2.42. The lowest BCUT2D eigenvalue weighted by Crippen LogP contribution is -2.51. The number of rotatable bonds is 5. The lowest BCUT2D eigenvalue weighted by molar-refractivity contribution is -0.121. The number of nitrogens with zero attached hydrogens (tertiary/aromatic N) is 3. The van der Waals surface area contributed by atoms with E-state index in [-0.39, 0.29) is 36.8 Å². The number of nitrogens with one attached hydrogen (secondary N) is 1. The fourth-order valence-corrected chi connectivity index (χ4v) is 5.70. The van der Waals surface area contributed by atoms with Crippen molar-refractivity contribution in [2.75, 3.05) is 18.5 Å². The summed E-state index contributed by atoms with van der Waals surface area (Å²) in [5.74, 6) is -0.370. The third-order valence-corrected chi connectivity index (χ3v) is 7.35. The molecular formula is C29H27FN4O2. The fourth-order valence-electron chi connectivity index (χ4n) is 5.70. The van der Waals surface area contributed by atoms with Crippen LogP contribution in [0.25, 0.3) is 10.9 Å². The fraction of sp³-hybridized carbons (Fsp3) is 0.241. The average molecular weight is 483 g/mol. The van der Waals surface area contributed by atoms with Crippen LogP contribution >= 0.6 is 0 Å². The topological polar surface area (TPSA) is 57.6 Å². The van der Waals surface area contributed by atoms with Gasteiger partial charge in [-0.1, -0.05) is 42.5 Å². The van der Waals surface area contributed by atoms with Gasteiger partial charge in [0.25, 0.3) is 5.91 Å². The van der Waals surface area contributed by atoms with Gasteiger partial charge in [0.1, 0.15) is 12.0 Å². The molecule has 4 aromatic rings. The van der Waals surface area contributed by atoms with Crippen molar-refractivity contribution in [2.45, 2.75) is 32.1 Å². The lowest BCUT2D eigenvalue weighted by atomic mass is 9.96. The van der Waals surface area contributed by atoms with E-state index in [0.717, 1.165) is 34.4 Å². The van der Waals surface area contributed by atoms with Crippen LogP contribution < -0.4 is 10.2 Å². The first-order valence-corrected chi connectivity index (χ1v) is 12.3. The maximum atomic E-state index is 13.5. The van der Waals surface area contributed by atoms with E-state index in [9.17, 15) is 14.0 Å². The van der Waals surface area contributed by atoms with E-state index >= 15 is 0 Å². The number of hydrogen-bond acceptors (Lipinski definition) is 3. The highest BCUT2D eigenvalue weighted by atomic mass is 19.1. The van der Waals surface area contributed by atoms with E-state index in [1.807, 2.05) is 48.3 Å². The number of aromatic nitrogens is 1. The minimum absolute atomic E-state index is 0.0454. The highest BCUT2D eigenvalue weighted by Crippen LogP contribution is 2.44. The van der Waals surface area contributed by atoms with Crippen LogP contribution in [0.4, 0.5) is 10.1 Å². The van der Waals surface area contributed by atoms with Crippen LogP contribution in [0.15, 0.2) is 72.8 Å². The van der Waals surface area contributed by atoms with Crippen molar-refractivity contribution >= 4 is 28.4 Å². The van der Waals surface area contributed by atoms with Crippen LogP contribution in [-0.4, -0.2) is 34.9 Å². The molecule has 6 nitrogen and oxygen atoms in total. The van der Waals surface area contributed by atoms with Gasteiger partial charge in [-0.05, 0) is 47.9 Å². The summed E-state index contributed by atoms with van der Waals surface area (Å²) in [6.45, 7) is 1.42. The first-order valence-electron chi connectivity index (χ1n) is 12.3. The second kappa shape index (κ2) is 8.82. The molecule has 2 amide bonds. The largest absolute Gasteiger partial charge is 0.352 e. The first kappa shape index (κ1) is 22.3. The van der Waals surface area contributed by atoms with Crippen LogP contribution in [0.3, 0.4) is 0 Å². The molecule has 3 aromatic carbocycles. The summed E-state index contributed by atoms with van der Waals surface area (Å²) >= 11 is 0. The Bertz CT molecular complexity index is 1490. The number of anilines is 1. The van der Waals surface area contributed by atoms with E-state index in [2.05, 4.69) is 26.9 Å². The van der Waals surface area contributed by atoms with Gasteiger partial charge >= 0.3 is 0 Å². The normalized spacial score (nSPS) is 16.5. The van der Waals surface area contributed by atoms with Crippen LogP contribution in [-0.2, 0) is 24.3 Å². The summed E-state index contributed by atoms with van der Waals surface area (Å²) in [4.78, 5) is 30.3. The molecule has 2 aliphatic rings. The van der Waals surface area contributed by atoms with Gasteiger partial charge in [-0.3, -0.25) is 9.59 Å². The van der Waals surface area contributed by atoms with Gasteiger partial charge in [-0.15, -0.1) is 0 Å². The van der Waals surface area contributed by atoms with Crippen molar-refractivity contribution in [3.05, 3.63) is 101 Å². The van der Waals surface area contributed by atoms with Crippen molar-refractivity contribution in [3.8, 4) is 0 Å². The Kier molecular flexibility index (Phi) is 5.48. The van der Waals surface area contributed by atoms with Gasteiger partial charge in [0.05, 0.1) is 16.9 Å². The Morgan fingerprint density at radius 1 is 1.06 bits per heavy atom. The summed E-state index contributed by atoms with van der Waals surface area (Å²) < 4.78 is 15.7. The molecule has 0 fully saturated rings. The molecule has 0 saturated carbocycles.